The lowest BCUT2D eigenvalue weighted by Gasteiger charge is -2.43. The standard InChI is InChI=1S/C8H14N2O2/c11-7(12)8-3-1-2-6(4-8)5-9-10-8/h6,9-10H,1-5H2,(H,11,12). The molecule has 0 amide bonds. The van der Waals surface area contributed by atoms with Crippen molar-refractivity contribution in [1.82, 2.24) is 10.9 Å². The third-order valence-corrected chi connectivity index (χ3v) is 2.98. The van der Waals surface area contributed by atoms with Crippen molar-refractivity contribution in [2.45, 2.75) is 31.2 Å². The van der Waals surface area contributed by atoms with Crippen LogP contribution in [0.25, 0.3) is 0 Å². The van der Waals surface area contributed by atoms with Gasteiger partial charge in [-0.25, -0.2) is 5.43 Å². The predicted molar refractivity (Wildman–Crippen MR) is 43.5 cm³/mol. The molecule has 2 atom stereocenters. The summed E-state index contributed by atoms with van der Waals surface area (Å²) >= 11 is 0. The van der Waals surface area contributed by atoms with Crippen LogP contribution in [0.4, 0.5) is 0 Å². The largest absolute Gasteiger partial charge is 0.480 e. The summed E-state index contributed by atoms with van der Waals surface area (Å²) in [5, 5.41) is 9.04. The Hall–Kier alpha value is -0.610. The predicted octanol–water partition coefficient (Wildman–Crippen LogP) is 0.108. The molecule has 68 valence electrons. The minimum atomic E-state index is -0.709. The first kappa shape index (κ1) is 8.01. The third kappa shape index (κ3) is 1.11. The van der Waals surface area contributed by atoms with E-state index < -0.39 is 11.5 Å². The summed E-state index contributed by atoms with van der Waals surface area (Å²) in [5.74, 6) is -0.157. The Bertz CT molecular complexity index is 195. The molecule has 4 heteroatoms. The number of carboxylic acids is 1. The van der Waals surface area contributed by atoms with E-state index in [2.05, 4.69) is 10.9 Å². The smallest absolute Gasteiger partial charge is 0.325 e. The lowest BCUT2D eigenvalue weighted by molar-refractivity contribution is -0.149. The molecule has 0 aromatic heterocycles. The fourth-order valence-corrected chi connectivity index (χ4v) is 2.29. The molecule has 1 saturated carbocycles. The summed E-state index contributed by atoms with van der Waals surface area (Å²) in [6, 6.07) is 0. The van der Waals surface area contributed by atoms with Crippen LogP contribution in [-0.2, 0) is 4.79 Å². The summed E-state index contributed by atoms with van der Waals surface area (Å²) in [6.07, 6.45) is 3.75. The molecule has 3 N–H and O–H groups in total. The Labute approximate surface area is 71.3 Å². The summed E-state index contributed by atoms with van der Waals surface area (Å²) in [7, 11) is 0. The van der Waals surface area contributed by atoms with E-state index in [0.29, 0.717) is 5.92 Å². The van der Waals surface area contributed by atoms with E-state index in [4.69, 9.17) is 5.11 Å². The highest BCUT2D eigenvalue weighted by molar-refractivity contribution is 5.79. The molecule has 2 aliphatic rings. The molecule has 1 saturated heterocycles. The zero-order chi connectivity index (χ0) is 8.60. The van der Waals surface area contributed by atoms with Gasteiger partial charge < -0.3 is 5.11 Å². The Balaban J connectivity index is 2.17. The molecule has 1 heterocycles. The fourth-order valence-electron chi connectivity index (χ4n) is 2.29. The number of hydrogen-bond donors (Lipinski definition) is 3. The number of carboxylic acid groups (broad SMARTS) is 1. The SMILES string of the molecule is O=C(O)C12CCCC(CNN1)C2. The Morgan fingerprint density at radius 2 is 2.42 bits per heavy atom. The third-order valence-electron chi connectivity index (χ3n) is 2.98. The Kier molecular flexibility index (Phi) is 1.81. The maximum absolute atomic E-state index is 11.0. The van der Waals surface area contributed by atoms with Crippen molar-refractivity contribution in [2.75, 3.05) is 6.54 Å². The van der Waals surface area contributed by atoms with E-state index in [1.165, 1.54) is 6.42 Å². The molecule has 0 spiro atoms. The van der Waals surface area contributed by atoms with E-state index >= 15 is 0 Å². The second kappa shape index (κ2) is 2.71. The minimum absolute atomic E-state index is 0.552. The van der Waals surface area contributed by atoms with E-state index in [9.17, 15) is 4.79 Å². The van der Waals surface area contributed by atoms with Gasteiger partial charge >= 0.3 is 5.97 Å². The second-order valence-electron chi connectivity index (χ2n) is 3.86. The average Bonchev–Trinajstić information content (AvgIpc) is 2.04. The number of hydrazine groups is 1. The van der Waals surface area contributed by atoms with Crippen molar-refractivity contribution in [3.63, 3.8) is 0 Å². The first-order valence-corrected chi connectivity index (χ1v) is 4.46. The van der Waals surface area contributed by atoms with Gasteiger partial charge in [0.2, 0.25) is 0 Å². The number of rotatable bonds is 1. The highest BCUT2D eigenvalue weighted by Gasteiger charge is 2.45. The van der Waals surface area contributed by atoms with Crippen LogP contribution in [0.5, 0.6) is 0 Å². The number of aliphatic carboxylic acids is 1. The van der Waals surface area contributed by atoms with Crippen molar-refractivity contribution in [1.29, 1.82) is 0 Å². The molecule has 2 rings (SSSR count). The number of nitrogens with one attached hydrogen (secondary N) is 2. The number of fused-ring (bicyclic) bond motifs is 2. The molecule has 4 nitrogen and oxygen atoms in total. The monoisotopic (exact) mass is 170 g/mol. The van der Waals surface area contributed by atoms with E-state index in [1.54, 1.807) is 0 Å². The topological polar surface area (TPSA) is 61.4 Å². The molecule has 12 heavy (non-hydrogen) atoms. The van der Waals surface area contributed by atoms with Crippen LogP contribution < -0.4 is 10.9 Å². The van der Waals surface area contributed by atoms with Crippen LogP contribution in [0.1, 0.15) is 25.7 Å². The lowest BCUT2D eigenvalue weighted by Crippen LogP contribution is -2.64. The second-order valence-corrected chi connectivity index (χ2v) is 3.86. The van der Waals surface area contributed by atoms with Crippen molar-refractivity contribution in [2.24, 2.45) is 5.92 Å². The van der Waals surface area contributed by atoms with Gasteiger partial charge in [0.05, 0.1) is 0 Å². The minimum Gasteiger partial charge on any atom is -0.480 e. The molecule has 2 fully saturated rings. The van der Waals surface area contributed by atoms with Crippen LogP contribution >= 0.6 is 0 Å². The van der Waals surface area contributed by atoms with E-state index in [-0.39, 0.29) is 0 Å². The van der Waals surface area contributed by atoms with Crippen LogP contribution in [0, 0.1) is 5.92 Å². The van der Waals surface area contributed by atoms with Gasteiger partial charge in [-0.3, -0.25) is 10.2 Å². The van der Waals surface area contributed by atoms with Crippen molar-refractivity contribution in [3.8, 4) is 0 Å². The van der Waals surface area contributed by atoms with Crippen LogP contribution in [0.2, 0.25) is 0 Å². The lowest BCUT2D eigenvalue weighted by atomic mass is 9.75. The molecule has 0 aromatic carbocycles. The maximum Gasteiger partial charge on any atom is 0.325 e. The van der Waals surface area contributed by atoms with E-state index in [1.807, 2.05) is 0 Å². The van der Waals surface area contributed by atoms with Gasteiger partial charge in [0.25, 0.3) is 0 Å². The first-order chi connectivity index (χ1) is 5.73. The van der Waals surface area contributed by atoms with Gasteiger partial charge in [0.15, 0.2) is 0 Å². The maximum atomic E-state index is 11.0. The molecule has 2 bridgehead atoms. The molecule has 2 unspecified atom stereocenters. The van der Waals surface area contributed by atoms with Crippen LogP contribution in [0.15, 0.2) is 0 Å². The molecule has 1 aliphatic heterocycles. The van der Waals surface area contributed by atoms with Gasteiger partial charge in [-0.15, -0.1) is 0 Å². The fraction of sp³-hybridized carbons (Fsp3) is 0.875. The quantitative estimate of drug-likeness (QED) is 0.522. The van der Waals surface area contributed by atoms with Gasteiger partial charge in [-0.05, 0) is 25.2 Å². The highest BCUT2D eigenvalue weighted by Crippen LogP contribution is 2.34. The zero-order valence-corrected chi connectivity index (χ0v) is 6.97. The summed E-state index contributed by atoms with van der Waals surface area (Å²) in [4.78, 5) is 11.0. The average molecular weight is 170 g/mol. The van der Waals surface area contributed by atoms with Crippen molar-refractivity contribution < 1.29 is 9.90 Å². The molecular weight excluding hydrogens is 156 g/mol. The van der Waals surface area contributed by atoms with Gasteiger partial charge in [0, 0.05) is 6.54 Å². The Morgan fingerprint density at radius 3 is 3.08 bits per heavy atom. The summed E-state index contributed by atoms with van der Waals surface area (Å²) < 4.78 is 0. The zero-order valence-electron chi connectivity index (χ0n) is 6.97. The van der Waals surface area contributed by atoms with Gasteiger partial charge in [0.1, 0.15) is 5.54 Å². The van der Waals surface area contributed by atoms with Crippen molar-refractivity contribution >= 4 is 5.97 Å². The Morgan fingerprint density at radius 1 is 1.58 bits per heavy atom. The molecule has 1 aliphatic carbocycles. The summed E-state index contributed by atoms with van der Waals surface area (Å²) in [6.45, 7) is 0.912. The molecular formula is C8H14N2O2. The molecule has 0 radical (unpaired) electrons. The van der Waals surface area contributed by atoms with Gasteiger partial charge in [-0.2, -0.15) is 0 Å². The molecule has 0 aromatic rings. The number of carbonyl (C=O) groups is 1. The van der Waals surface area contributed by atoms with Gasteiger partial charge in [-0.1, -0.05) is 6.42 Å². The number of hydrogen-bond acceptors (Lipinski definition) is 3. The normalized spacial score (nSPS) is 40.8. The first-order valence-electron chi connectivity index (χ1n) is 4.46. The van der Waals surface area contributed by atoms with Crippen LogP contribution in [0.3, 0.4) is 0 Å². The van der Waals surface area contributed by atoms with Crippen LogP contribution in [-0.4, -0.2) is 23.2 Å². The highest BCUT2D eigenvalue weighted by atomic mass is 16.4. The van der Waals surface area contributed by atoms with E-state index in [0.717, 1.165) is 25.8 Å². The summed E-state index contributed by atoms with van der Waals surface area (Å²) in [5.41, 5.74) is 5.23. The van der Waals surface area contributed by atoms with Crippen molar-refractivity contribution in [3.05, 3.63) is 0 Å².